The molecule has 4 heterocycles. The number of aromatic nitrogens is 3. The molecule has 8 rings (SSSR count). The molecule has 4 aromatic carbocycles. The van der Waals surface area contributed by atoms with Crippen LogP contribution in [0.25, 0.3) is 10.9 Å². The van der Waals surface area contributed by atoms with Gasteiger partial charge in [0.15, 0.2) is 0 Å². The van der Waals surface area contributed by atoms with Crippen molar-refractivity contribution in [2.24, 2.45) is 0 Å². The minimum atomic E-state index is -1.77. The maximum Gasteiger partial charge on any atom is 0.330 e. The van der Waals surface area contributed by atoms with Gasteiger partial charge < -0.3 is 28.0 Å². The Bertz CT molecular complexity index is 2430. The number of methoxy groups -OCH3 is 2. The average molecular weight is 773 g/mol. The fourth-order valence-electron chi connectivity index (χ4n) is 7.59. The Kier molecular flexibility index (Phi) is 10.6. The van der Waals surface area contributed by atoms with E-state index in [4.69, 9.17) is 28.0 Å². The first-order valence-corrected chi connectivity index (χ1v) is 19.5. The van der Waals surface area contributed by atoms with Gasteiger partial charge in [0.1, 0.15) is 29.4 Å². The van der Waals surface area contributed by atoms with Crippen LogP contribution in [0.2, 0.25) is 0 Å². The topological polar surface area (TPSA) is 139 Å². The van der Waals surface area contributed by atoms with Crippen molar-refractivity contribution < 1.29 is 28.0 Å². The van der Waals surface area contributed by atoms with Crippen molar-refractivity contribution in [2.75, 3.05) is 20.8 Å². The lowest BCUT2D eigenvalue weighted by Gasteiger charge is -2.37. The number of fused-ring (bicyclic) bond motifs is 3. The van der Waals surface area contributed by atoms with Crippen LogP contribution in [0.1, 0.15) is 47.0 Å². The maximum absolute atomic E-state index is 13.2. The zero-order valence-electron chi connectivity index (χ0n) is 31.2. The predicted molar refractivity (Wildman–Crippen MR) is 211 cm³/mol. The van der Waals surface area contributed by atoms with Gasteiger partial charge in [-0.15, -0.1) is 0 Å². The molecule has 1 N–H and O–H groups in total. The van der Waals surface area contributed by atoms with Gasteiger partial charge in [0.2, 0.25) is 0 Å². The van der Waals surface area contributed by atoms with Crippen LogP contribution < -0.4 is 20.7 Å². The van der Waals surface area contributed by atoms with E-state index < -0.39 is 43.8 Å². The zero-order valence-corrected chi connectivity index (χ0v) is 32.1. The largest absolute Gasteiger partial charge is 0.497 e. The van der Waals surface area contributed by atoms with Gasteiger partial charge in [-0.3, -0.25) is 18.7 Å². The van der Waals surface area contributed by atoms with Crippen LogP contribution in [-0.2, 0) is 30.5 Å². The van der Waals surface area contributed by atoms with Crippen LogP contribution in [0.4, 0.5) is 0 Å². The number of para-hydroxylation sites is 1. The minimum Gasteiger partial charge on any atom is -0.497 e. The molecule has 2 aliphatic rings. The second-order valence-corrected chi connectivity index (χ2v) is 15.1. The molecule has 0 saturated carbocycles. The van der Waals surface area contributed by atoms with E-state index in [1.54, 1.807) is 21.1 Å². The highest BCUT2D eigenvalue weighted by Crippen LogP contribution is 2.53. The normalized spacial score (nSPS) is 20.7. The second-order valence-electron chi connectivity index (χ2n) is 13.8. The highest BCUT2D eigenvalue weighted by Gasteiger charge is 2.45. The summed E-state index contributed by atoms with van der Waals surface area (Å²) in [6.45, 7) is 1.67. The van der Waals surface area contributed by atoms with E-state index in [-0.39, 0.29) is 25.6 Å². The number of nitriles is 1. The number of aromatic amines is 1. The third kappa shape index (κ3) is 7.05. The van der Waals surface area contributed by atoms with Gasteiger partial charge in [-0.05, 0) is 60.0 Å². The summed E-state index contributed by atoms with van der Waals surface area (Å²) >= 11 is 0. The highest BCUT2D eigenvalue weighted by atomic mass is 31.2. The number of H-pyrrole nitrogens is 1. The lowest BCUT2D eigenvalue weighted by Crippen LogP contribution is -2.38. The molecule has 56 heavy (non-hydrogen) atoms. The van der Waals surface area contributed by atoms with Gasteiger partial charge in [-0.25, -0.2) is 4.79 Å². The summed E-state index contributed by atoms with van der Waals surface area (Å²) < 4.78 is 42.1. The quantitative estimate of drug-likeness (QED) is 0.102. The Labute approximate surface area is 324 Å². The molecule has 5 atom stereocenters. The monoisotopic (exact) mass is 772 g/mol. The summed E-state index contributed by atoms with van der Waals surface area (Å²) in [5.41, 5.74) is 2.71. The SMILES string of the molecule is COc1ccc(C(OC[C@H]2O[C@@H](n3cc(C)c(=O)[nH]c3=O)C[C@@H]2O[P@@]2O[C@H](CC#N)Cc3cc4ccccc4n32)(c2ccccc2)c2ccc(OC)cc2)cc1. The molecular weight excluding hydrogens is 731 g/mol. The highest BCUT2D eigenvalue weighted by molar-refractivity contribution is 7.46. The van der Waals surface area contributed by atoms with Crippen molar-refractivity contribution in [1.29, 1.82) is 5.26 Å². The molecule has 2 aromatic heterocycles. The van der Waals surface area contributed by atoms with Crippen LogP contribution >= 0.6 is 8.53 Å². The summed E-state index contributed by atoms with van der Waals surface area (Å²) in [7, 11) is 1.48. The molecule has 0 unspecified atom stereocenters. The Morgan fingerprint density at radius 3 is 2.20 bits per heavy atom. The summed E-state index contributed by atoms with van der Waals surface area (Å²) in [6, 6.07) is 37.9. The lowest BCUT2D eigenvalue weighted by molar-refractivity contribution is -0.0922. The molecule has 1 saturated heterocycles. The van der Waals surface area contributed by atoms with E-state index in [0.717, 1.165) is 33.3 Å². The molecule has 286 valence electrons. The molecule has 2 aliphatic heterocycles. The lowest BCUT2D eigenvalue weighted by atomic mass is 9.80. The van der Waals surface area contributed by atoms with Gasteiger partial charge in [-0.1, -0.05) is 72.8 Å². The van der Waals surface area contributed by atoms with Gasteiger partial charge >= 0.3 is 5.69 Å². The van der Waals surface area contributed by atoms with Crippen molar-refractivity contribution in [2.45, 2.75) is 56.3 Å². The fraction of sp³-hybridized carbons (Fsp3) is 0.279. The Balaban J connectivity index is 1.21. The minimum absolute atomic E-state index is 0.0231. The van der Waals surface area contributed by atoms with E-state index in [2.05, 4.69) is 21.5 Å². The number of hydrogen-bond donors (Lipinski definition) is 1. The number of benzene rings is 4. The van der Waals surface area contributed by atoms with E-state index in [1.165, 1.54) is 10.8 Å². The summed E-state index contributed by atoms with van der Waals surface area (Å²) in [5, 5.41) is 10.7. The third-order valence-corrected chi connectivity index (χ3v) is 12.1. The molecule has 0 spiro atoms. The average Bonchev–Trinajstić information content (AvgIpc) is 3.81. The first-order valence-electron chi connectivity index (χ1n) is 18.4. The van der Waals surface area contributed by atoms with Gasteiger partial charge in [0.05, 0.1) is 51.0 Å². The molecule has 0 aliphatic carbocycles. The number of rotatable bonds is 12. The van der Waals surface area contributed by atoms with Crippen LogP contribution in [0, 0.1) is 18.3 Å². The van der Waals surface area contributed by atoms with Crippen LogP contribution in [-0.4, -0.2) is 53.0 Å². The first-order chi connectivity index (χ1) is 27.3. The van der Waals surface area contributed by atoms with Crippen LogP contribution in [0.15, 0.2) is 125 Å². The number of nitrogens with one attached hydrogen (secondary N) is 1. The van der Waals surface area contributed by atoms with E-state index >= 15 is 0 Å². The zero-order chi connectivity index (χ0) is 38.8. The van der Waals surface area contributed by atoms with Crippen LogP contribution in [0.5, 0.6) is 11.5 Å². The number of ether oxygens (including phenoxy) is 4. The van der Waals surface area contributed by atoms with Gasteiger partial charge in [-0.2, -0.15) is 5.26 Å². The predicted octanol–water partition coefficient (Wildman–Crippen LogP) is 7.13. The molecule has 0 bridgehead atoms. The maximum atomic E-state index is 13.2. The van der Waals surface area contributed by atoms with Crippen molar-refractivity contribution in [1.82, 2.24) is 13.9 Å². The van der Waals surface area contributed by atoms with Gasteiger partial charge in [0.25, 0.3) is 14.1 Å². The molecule has 12 nitrogen and oxygen atoms in total. The number of hydrogen-bond acceptors (Lipinski definition) is 9. The first kappa shape index (κ1) is 37.4. The van der Waals surface area contributed by atoms with Crippen LogP contribution in [0.3, 0.4) is 0 Å². The molecule has 6 aromatic rings. The third-order valence-electron chi connectivity index (χ3n) is 10.4. The van der Waals surface area contributed by atoms with Crippen molar-refractivity contribution in [3.8, 4) is 17.6 Å². The standard InChI is InChI=1S/C43H41N4O8P/c1-28-26-46(42(49)45-41(28)48)40-25-38(55-56-47-33(24-36(54-56)21-22-44)23-29-9-7-8-12-37(29)47)39(53-40)27-52-43(30-10-5-4-6-11-30,31-13-17-34(50-2)18-14-31)32-15-19-35(51-3)20-16-32/h4-20,23,26,36,38-40H,21,24-25,27H2,1-3H3,(H,45,48,49)/t36-,38+,39-,40-,56-/m1/s1. The Morgan fingerprint density at radius 1 is 0.893 bits per heavy atom. The Hall–Kier alpha value is -5.54. The van der Waals surface area contributed by atoms with Crippen molar-refractivity contribution in [3.05, 3.63) is 164 Å². The van der Waals surface area contributed by atoms with E-state index in [0.29, 0.717) is 23.5 Å². The summed E-state index contributed by atoms with van der Waals surface area (Å²) in [4.78, 5) is 28.0. The number of nitrogens with zero attached hydrogens (tertiary/aromatic N) is 3. The molecule has 13 heteroatoms. The molecule has 0 amide bonds. The van der Waals surface area contributed by atoms with E-state index in [9.17, 15) is 14.9 Å². The summed E-state index contributed by atoms with van der Waals surface area (Å²) in [6.07, 6.45) is 0.0228. The summed E-state index contributed by atoms with van der Waals surface area (Å²) in [5.74, 6) is 1.40. The van der Waals surface area contributed by atoms with Gasteiger partial charge in [0, 0.05) is 35.7 Å². The van der Waals surface area contributed by atoms with Crippen molar-refractivity contribution >= 4 is 19.4 Å². The van der Waals surface area contributed by atoms with E-state index in [1.807, 2.05) is 103 Å². The molecular formula is C43H41N4O8P. The molecule has 1 fully saturated rings. The number of aryl methyl sites for hydroxylation is 1. The Morgan fingerprint density at radius 2 is 1.54 bits per heavy atom. The fourth-order valence-corrected chi connectivity index (χ4v) is 9.40. The second kappa shape index (κ2) is 15.9. The smallest absolute Gasteiger partial charge is 0.330 e. The van der Waals surface area contributed by atoms with Crippen molar-refractivity contribution in [3.63, 3.8) is 0 Å². The molecule has 0 radical (unpaired) electrons.